The van der Waals surface area contributed by atoms with Gasteiger partial charge in [0, 0.05) is 50.1 Å². The Bertz CT molecular complexity index is 569. The monoisotopic (exact) mass is 299 g/mol. The number of hydrogen-bond acceptors (Lipinski definition) is 3. The molecule has 0 radical (unpaired) electrons. The molecule has 22 heavy (non-hydrogen) atoms. The van der Waals surface area contributed by atoms with Crippen LogP contribution in [0.25, 0.3) is 10.4 Å². The Morgan fingerprint density at radius 2 is 2.09 bits per heavy atom. The summed E-state index contributed by atoms with van der Waals surface area (Å²) in [5.41, 5.74) is 9.71. The molecule has 0 aliphatic carbocycles. The van der Waals surface area contributed by atoms with Crippen LogP contribution in [0.1, 0.15) is 18.4 Å². The number of hydrogen-bond donors (Lipinski definition) is 0. The summed E-state index contributed by atoms with van der Waals surface area (Å²) >= 11 is 0. The molecule has 116 valence electrons. The van der Waals surface area contributed by atoms with Gasteiger partial charge in [-0.3, -0.25) is 9.69 Å². The van der Waals surface area contributed by atoms with E-state index < -0.39 is 0 Å². The summed E-state index contributed by atoms with van der Waals surface area (Å²) in [7, 11) is 0. The highest BCUT2D eigenvalue weighted by molar-refractivity contribution is 5.79. The molecule has 2 fully saturated rings. The van der Waals surface area contributed by atoms with Crippen molar-refractivity contribution < 1.29 is 4.79 Å². The van der Waals surface area contributed by atoms with Crippen LogP contribution >= 0.6 is 0 Å². The maximum Gasteiger partial charge on any atom is 0.223 e. The number of rotatable bonds is 5. The summed E-state index contributed by atoms with van der Waals surface area (Å²) in [6, 6.07) is 10.8. The molecule has 2 heterocycles. The zero-order valence-corrected chi connectivity index (χ0v) is 12.6. The van der Waals surface area contributed by atoms with Crippen LogP contribution in [-0.2, 0) is 11.3 Å². The average Bonchev–Trinajstić information content (AvgIpc) is 3.13. The van der Waals surface area contributed by atoms with Gasteiger partial charge in [0.1, 0.15) is 0 Å². The number of benzene rings is 1. The molecule has 0 saturated carbocycles. The zero-order valence-electron chi connectivity index (χ0n) is 12.6. The Kier molecular flexibility index (Phi) is 4.61. The molecule has 2 aliphatic rings. The first-order valence-electron chi connectivity index (χ1n) is 7.83. The molecule has 0 N–H and O–H groups in total. The van der Waals surface area contributed by atoms with Gasteiger partial charge < -0.3 is 4.90 Å². The highest BCUT2D eigenvalue weighted by Gasteiger charge is 2.36. The van der Waals surface area contributed by atoms with Crippen molar-refractivity contribution in [1.29, 1.82) is 0 Å². The second-order valence-corrected chi connectivity index (χ2v) is 6.19. The van der Waals surface area contributed by atoms with Gasteiger partial charge in [-0.1, -0.05) is 35.4 Å². The van der Waals surface area contributed by atoms with E-state index in [4.69, 9.17) is 5.53 Å². The number of azide groups is 1. The standard InChI is InChI=1S/C16H21N5O/c17-19-18-9-14-8-16(22)21(11-14)15-6-7-20(12-15)10-13-4-2-1-3-5-13/h1-5,14-15H,6-12H2. The van der Waals surface area contributed by atoms with Crippen LogP contribution in [0.2, 0.25) is 0 Å². The van der Waals surface area contributed by atoms with Gasteiger partial charge in [0.15, 0.2) is 0 Å². The lowest BCUT2D eigenvalue weighted by atomic mass is 10.1. The molecule has 6 nitrogen and oxygen atoms in total. The molecule has 1 amide bonds. The Balaban J connectivity index is 1.54. The van der Waals surface area contributed by atoms with Crippen LogP contribution in [0.4, 0.5) is 0 Å². The number of carbonyl (C=O) groups excluding carboxylic acids is 1. The fourth-order valence-electron chi connectivity index (χ4n) is 3.49. The molecule has 0 bridgehead atoms. The smallest absolute Gasteiger partial charge is 0.223 e. The van der Waals surface area contributed by atoms with Crippen LogP contribution in [0.15, 0.2) is 35.4 Å². The third-order valence-electron chi connectivity index (χ3n) is 4.58. The first-order valence-corrected chi connectivity index (χ1v) is 7.83. The Morgan fingerprint density at radius 1 is 1.27 bits per heavy atom. The van der Waals surface area contributed by atoms with Crippen molar-refractivity contribution in [3.05, 3.63) is 46.3 Å². The van der Waals surface area contributed by atoms with Crippen molar-refractivity contribution in [1.82, 2.24) is 9.80 Å². The van der Waals surface area contributed by atoms with Crippen molar-refractivity contribution >= 4 is 5.91 Å². The SMILES string of the molecule is [N-]=[N+]=NCC1CC(=O)N(C2CCN(Cc3ccccc3)C2)C1. The predicted octanol–water partition coefficient (Wildman–Crippen LogP) is 2.42. The van der Waals surface area contributed by atoms with E-state index in [1.54, 1.807) is 0 Å². The molecule has 2 saturated heterocycles. The van der Waals surface area contributed by atoms with Crippen molar-refractivity contribution in [3.8, 4) is 0 Å². The normalized spacial score (nSPS) is 25.5. The lowest BCUT2D eigenvalue weighted by Crippen LogP contribution is -2.38. The maximum absolute atomic E-state index is 12.2. The summed E-state index contributed by atoms with van der Waals surface area (Å²) in [6.07, 6.45) is 1.56. The molecule has 2 unspecified atom stereocenters. The second-order valence-electron chi connectivity index (χ2n) is 6.19. The fraction of sp³-hybridized carbons (Fsp3) is 0.562. The largest absolute Gasteiger partial charge is 0.338 e. The van der Waals surface area contributed by atoms with E-state index in [0.29, 0.717) is 19.0 Å². The highest BCUT2D eigenvalue weighted by atomic mass is 16.2. The Labute approximate surface area is 130 Å². The molecular formula is C16H21N5O. The molecule has 1 aromatic rings. The van der Waals surface area contributed by atoms with Crippen LogP contribution in [-0.4, -0.2) is 47.9 Å². The fourth-order valence-corrected chi connectivity index (χ4v) is 3.49. The van der Waals surface area contributed by atoms with Gasteiger partial charge >= 0.3 is 0 Å². The van der Waals surface area contributed by atoms with Gasteiger partial charge in [0.2, 0.25) is 5.91 Å². The van der Waals surface area contributed by atoms with Gasteiger partial charge in [0.25, 0.3) is 0 Å². The first-order chi connectivity index (χ1) is 10.8. The van der Waals surface area contributed by atoms with Gasteiger partial charge in [-0.05, 0) is 23.4 Å². The van der Waals surface area contributed by atoms with E-state index >= 15 is 0 Å². The zero-order chi connectivity index (χ0) is 15.4. The van der Waals surface area contributed by atoms with Crippen molar-refractivity contribution in [2.24, 2.45) is 11.0 Å². The Hall–Kier alpha value is -2.04. The van der Waals surface area contributed by atoms with E-state index in [9.17, 15) is 4.79 Å². The minimum Gasteiger partial charge on any atom is -0.338 e. The third-order valence-corrected chi connectivity index (χ3v) is 4.58. The molecule has 0 aromatic heterocycles. The molecular weight excluding hydrogens is 278 g/mol. The van der Waals surface area contributed by atoms with Crippen molar-refractivity contribution in [2.75, 3.05) is 26.2 Å². The van der Waals surface area contributed by atoms with Gasteiger partial charge in [0.05, 0.1) is 0 Å². The highest BCUT2D eigenvalue weighted by Crippen LogP contribution is 2.26. The maximum atomic E-state index is 12.2. The molecule has 3 rings (SSSR count). The summed E-state index contributed by atoms with van der Waals surface area (Å²) in [5.74, 6) is 0.399. The summed E-state index contributed by atoms with van der Waals surface area (Å²) in [5, 5.41) is 3.61. The third kappa shape index (κ3) is 3.40. The van der Waals surface area contributed by atoms with Crippen LogP contribution in [0.3, 0.4) is 0 Å². The molecule has 0 spiro atoms. The van der Waals surface area contributed by atoms with E-state index in [2.05, 4.69) is 39.2 Å². The molecule has 6 heteroatoms. The number of nitrogens with zero attached hydrogens (tertiary/aromatic N) is 5. The van der Waals surface area contributed by atoms with Crippen molar-refractivity contribution in [3.63, 3.8) is 0 Å². The van der Waals surface area contributed by atoms with Crippen LogP contribution in [0.5, 0.6) is 0 Å². The van der Waals surface area contributed by atoms with E-state index in [1.807, 2.05) is 11.0 Å². The summed E-state index contributed by atoms with van der Waals surface area (Å²) in [6.45, 7) is 4.08. The van der Waals surface area contributed by atoms with Gasteiger partial charge in [-0.2, -0.15) is 0 Å². The van der Waals surface area contributed by atoms with E-state index in [1.165, 1.54) is 5.56 Å². The van der Waals surface area contributed by atoms with Crippen LogP contribution < -0.4 is 0 Å². The van der Waals surface area contributed by atoms with Crippen molar-refractivity contribution in [2.45, 2.75) is 25.4 Å². The lowest BCUT2D eigenvalue weighted by Gasteiger charge is -2.25. The predicted molar refractivity (Wildman–Crippen MR) is 84.0 cm³/mol. The van der Waals surface area contributed by atoms with E-state index in [-0.39, 0.29) is 11.8 Å². The lowest BCUT2D eigenvalue weighted by molar-refractivity contribution is -0.129. The molecule has 2 aliphatic heterocycles. The molecule has 1 aromatic carbocycles. The number of likely N-dealkylation sites (tertiary alicyclic amines) is 2. The number of amides is 1. The quantitative estimate of drug-likeness (QED) is 0.476. The van der Waals surface area contributed by atoms with Crippen LogP contribution in [0, 0.1) is 5.92 Å². The number of carbonyl (C=O) groups is 1. The average molecular weight is 299 g/mol. The minimum absolute atomic E-state index is 0.187. The van der Waals surface area contributed by atoms with E-state index in [0.717, 1.165) is 32.6 Å². The topological polar surface area (TPSA) is 72.3 Å². The minimum atomic E-state index is 0.187. The van der Waals surface area contributed by atoms with Gasteiger partial charge in [-0.25, -0.2) is 0 Å². The summed E-state index contributed by atoms with van der Waals surface area (Å²) < 4.78 is 0. The summed E-state index contributed by atoms with van der Waals surface area (Å²) in [4.78, 5) is 19.4. The second kappa shape index (κ2) is 6.81. The Morgan fingerprint density at radius 3 is 2.86 bits per heavy atom. The molecule has 2 atom stereocenters. The van der Waals surface area contributed by atoms with Gasteiger partial charge in [-0.15, -0.1) is 0 Å². The first kappa shape index (κ1) is 14.9.